The Morgan fingerprint density at radius 3 is 1.71 bits per heavy atom. The Morgan fingerprint density at radius 1 is 0.707 bits per heavy atom. The zero-order chi connectivity index (χ0) is 30.2. The van der Waals surface area contributed by atoms with E-state index in [4.69, 9.17) is 19.3 Å². The second-order valence-electron chi connectivity index (χ2n) is 10.3. The Kier molecular flexibility index (Phi) is 15.3. The smallest absolute Gasteiger partial charge is 0.378 e. The fourth-order valence-corrected chi connectivity index (χ4v) is 4.52. The van der Waals surface area contributed by atoms with Gasteiger partial charge in [-0.1, -0.05) is 70.6 Å². The highest BCUT2D eigenvalue weighted by atomic mass is 16.6. The first-order valence-electron chi connectivity index (χ1n) is 14.4. The summed E-state index contributed by atoms with van der Waals surface area (Å²) in [7, 11) is 0. The van der Waals surface area contributed by atoms with Gasteiger partial charge in [0.25, 0.3) is 0 Å². The molecule has 0 aromatic carbocycles. The highest BCUT2D eigenvalue weighted by Crippen LogP contribution is 2.25. The molecule has 4 atom stereocenters. The maximum absolute atomic E-state index is 11.8. The lowest BCUT2D eigenvalue weighted by Crippen LogP contribution is -2.33. The van der Waals surface area contributed by atoms with E-state index in [-0.39, 0.29) is 18.8 Å². The van der Waals surface area contributed by atoms with Gasteiger partial charge in [0.15, 0.2) is 23.7 Å². The van der Waals surface area contributed by atoms with E-state index in [1.165, 1.54) is 12.8 Å². The Bertz CT molecular complexity index is 913. The van der Waals surface area contributed by atoms with E-state index in [0.717, 1.165) is 64.2 Å². The maximum Gasteiger partial charge on any atom is 0.378 e. The second kappa shape index (κ2) is 18.4. The van der Waals surface area contributed by atoms with Crippen LogP contribution in [0.25, 0.3) is 0 Å². The molecule has 13 nitrogen and oxygen atoms in total. The lowest BCUT2D eigenvalue weighted by Gasteiger charge is -2.18. The molecule has 234 valence electrons. The number of aliphatic hydroxyl groups excluding tert-OH is 6. The van der Waals surface area contributed by atoms with Crippen LogP contribution in [0.5, 0.6) is 0 Å². The van der Waals surface area contributed by atoms with Gasteiger partial charge in [-0.15, -0.1) is 0 Å². The number of hydrogen-bond acceptors (Lipinski definition) is 13. The average Bonchev–Trinajstić information content (AvgIpc) is 3.39. The average molecular weight is 589 g/mol. The molecule has 41 heavy (non-hydrogen) atoms. The molecule has 2 rings (SSSR count). The van der Waals surface area contributed by atoms with Crippen LogP contribution in [-0.4, -0.2) is 92.8 Å². The van der Waals surface area contributed by atoms with E-state index in [1.54, 1.807) is 0 Å². The third kappa shape index (κ3) is 11.4. The van der Waals surface area contributed by atoms with Gasteiger partial charge in [-0.2, -0.15) is 0 Å². The molecule has 2 heterocycles. The second-order valence-corrected chi connectivity index (χ2v) is 10.3. The Labute approximate surface area is 239 Å². The number of carbonyl (C=O) groups excluding carboxylic acids is 3. The van der Waals surface area contributed by atoms with Gasteiger partial charge in [0.05, 0.1) is 13.2 Å². The summed E-state index contributed by atoms with van der Waals surface area (Å²) >= 11 is 0. The van der Waals surface area contributed by atoms with Crippen LogP contribution in [0.3, 0.4) is 0 Å². The minimum Gasteiger partial charge on any atom is -0.505 e. The number of carbonyl (C=O) groups is 3. The van der Waals surface area contributed by atoms with Crippen molar-refractivity contribution in [1.82, 2.24) is 0 Å². The van der Waals surface area contributed by atoms with Gasteiger partial charge in [0.1, 0.15) is 18.8 Å². The van der Waals surface area contributed by atoms with E-state index in [1.807, 2.05) is 0 Å². The van der Waals surface area contributed by atoms with Crippen LogP contribution in [-0.2, 0) is 33.3 Å². The van der Waals surface area contributed by atoms with E-state index >= 15 is 0 Å². The highest BCUT2D eigenvalue weighted by Gasteiger charge is 2.41. The van der Waals surface area contributed by atoms with Crippen LogP contribution in [0.2, 0.25) is 0 Å². The minimum absolute atomic E-state index is 0.121. The third-order valence-electron chi connectivity index (χ3n) is 6.94. The number of hydrogen-bond donors (Lipinski definition) is 6. The van der Waals surface area contributed by atoms with Crippen molar-refractivity contribution < 1.29 is 64.0 Å². The third-order valence-corrected chi connectivity index (χ3v) is 6.94. The normalized spacial score (nSPS) is 20.3. The van der Waals surface area contributed by atoms with Crippen LogP contribution in [0.1, 0.15) is 89.9 Å². The van der Waals surface area contributed by atoms with Crippen molar-refractivity contribution in [3.63, 3.8) is 0 Å². The van der Waals surface area contributed by atoms with Gasteiger partial charge >= 0.3 is 17.9 Å². The molecule has 2 aliphatic rings. The summed E-state index contributed by atoms with van der Waals surface area (Å²) in [5.74, 6) is -5.09. The first kappa shape index (κ1) is 34.2. The molecule has 0 saturated carbocycles. The van der Waals surface area contributed by atoms with Gasteiger partial charge in [-0.3, -0.25) is 4.79 Å². The first-order chi connectivity index (χ1) is 19.7. The molecular weight excluding hydrogens is 544 g/mol. The topological polar surface area (TPSA) is 210 Å². The molecule has 0 aliphatic carbocycles. The van der Waals surface area contributed by atoms with Crippen LogP contribution in [0, 0.1) is 0 Å². The van der Waals surface area contributed by atoms with Gasteiger partial charge in [-0.05, 0) is 12.8 Å². The minimum atomic E-state index is -1.46. The molecular formula is C28H44O13. The quantitative estimate of drug-likeness (QED) is 0.0611. The first-order valence-corrected chi connectivity index (χ1v) is 14.4. The molecule has 0 radical (unpaired) electrons. The molecule has 0 fully saturated rings. The summed E-state index contributed by atoms with van der Waals surface area (Å²) in [6.07, 6.45) is 8.07. The monoisotopic (exact) mass is 588 g/mol. The largest absolute Gasteiger partial charge is 0.505 e. The summed E-state index contributed by atoms with van der Waals surface area (Å²) in [6.45, 7) is -0.790. The maximum atomic E-state index is 11.8. The van der Waals surface area contributed by atoms with Gasteiger partial charge in [0.2, 0.25) is 11.5 Å². The molecule has 0 aromatic heterocycles. The van der Waals surface area contributed by atoms with Crippen molar-refractivity contribution in [2.45, 2.75) is 114 Å². The van der Waals surface area contributed by atoms with Crippen molar-refractivity contribution in [3.8, 4) is 0 Å². The number of cyclic esters (lactones) is 2. The molecule has 13 heteroatoms. The number of aliphatic hydroxyl groups is 6. The van der Waals surface area contributed by atoms with Crippen molar-refractivity contribution in [2.24, 2.45) is 0 Å². The Morgan fingerprint density at radius 2 is 1.20 bits per heavy atom. The summed E-state index contributed by atoms with van der Waals surface area (Å²) < 4.78 is 19.8. The van der Waals surface area contributed by atoms with Crippen molar-refractivity contribution in [3.05, 3.63) is 23.0 Å². The number of rotatable bonds is 22. The van der Waals surface area contributed by atoms with E-state index in [2.05, 4.69) is 4.74 Å². The van der Waals surface area contributed by atoms with Gasteiger partial charge < -0.3 is 49.6 Å². The number of esters is 3. The van der Waals surface area contributed by atoms with Crippen molar-refractivity contribution in [1.29, 1.82) is 0 Å². The predicted octanol–water partition coefficient (Wildman–Crippen LogP) is 2.67. The molecule has 6 N–H and O–H groups in total. The van der Waals surface area contributed by atoms with E-state index in [9.17, 15) is 39.9 Å². The van der Waals surface area contributed by atoms with Gasteiger partial charge in [-0.25, -0.2) is 9.59 Å². The molecule has 0 aromatic rings. The zero-order valence-corrected chi connectivity index (χ0v) is 23.4. The van der Waals surface area contributed by atoms with Crippen LogP contribution in [0.4, 0.5) is 0 Å². The summed E-state index contributed by atoms with van der Waals surface area (Å²) in [5, 5.41) is 57.1. The molecule has 0 amide bonds. The molecule has 2 aliphatic heterocycles. The number of ether oxygens (including phenoxy) is 4. The SMILES string of the molecule is O=C(CCCCCCCCCCCCCCCOC1=C(O)C(=O)O[C@@H]1[C@@H](O)CO)OC[C@H](O)[C@H]1OC(=O)C(O)=C1O. The van der Waals surface area contributed by atoms with Crippen molar-refractivity contribution >= 4 is 17.9 Å². The van der Waals surface area contributed by atoms with Crippen molar-refractivity contribution in [2.75, 3.05) is 19.8 Å². The fourth-order valence-electron chi connectivity index (χ4n) is 4.52. The standard InChI is InChI=1S/C28H44O13/c29-16-18(30)25-26(23(35)28(37)41-25)38-15-13-11-9-7-5-3-1-2-4-6-8-10-12-14-20(32)39-17-19(31)24-21(33)22(34)27(36)40-24/h18-19,24-25,29-31,33-35H,1-17H2/t18-,19-,24+,25+/m0/s1. The zero-order valence-electron chi connectivity index (χ0n) is 23.4. The highest BCUT2D eigenvalue weighted by molar-refractivity contribution is 5.89. The Hall–Kier alpha value is -3.03. The lowest BCUT2D eigenvalue weighted by atomic mass is 10.0. The molecule has 0 unspecified atom stereocenters. The van der Waals surface area contributed by atoms with Gasteiger partial charge in [0, 0.05) is 6.42 Å². The van der Waals surface area contributed by atoms with E-state index < -0.39 is 72.8 Å². The van der Waals surface area contributed by atoms with E-state index in [0.29, 0.717) is 6.42 Å². The Balaban J connectivity index is 1.35. The summed E-state index contributed by atoms with van der Waals surface area (Å²) in [6, 6.07) is 0. The van der Waals surface area contributed by atoms with Crippen LogP contribution in [0.15, 0.2) is 23.0 Å². The van der Waals surface area contributed by atoms with Crippen LogP contribution < -0.4 is 0 Å². The molecule has 0 saturated heterocycles. The fraction of sp³-hybridized carbons (Fsp3) is 0.750. The summed E-state index contributed by atoms with van der Waals surface area (Å²) in [4.78, 5) is 34.4. The molecule has 0 bridgehead atoms. The molecule has 0 spiro atoms. The lowest BCUT2D eigenvalue weighted by molar-refractivity contribution is -0.154. The summed E-state index contributed by atoms with van der Waals surface area (Å²) in [5.41, 5.74) is 0. The predicted molar refractivity (Wildman–Crippen MR) is 142 cm³/mol. The van der Waals surface area contributed by atoms with Crippen LogP contribution >= 0.6 is 0 Å². The number of unbranched alkanes of at least 4 members (excludes halogenated alkanes) is 12.